The van der Waals surface area contributed by atoms with Gasteiger partial charge in [0, 0.05) is 5.39 Å². The van der Waals surface area contributed by atoms with E-state index in [1.807, 2.05) is 42.5 Å². The van der Waals surface area contributed by atoms with Crippen molar-refractivity contribution in [1.82, 2.24) is 0 Å². The average molecular weight is 202 g/mol. The summed E-state index contributed by atoms with van der Waals surface area (Å²) in [6.45, 7) is 2.04. The number of benzene rings is 2. The Balaban J connectivity index is 2.34. The molecule has 2 aromatic rings. The predicted octanol–water partition coefficient (Wildman–Crippen LogP) is 2.60. The fourth-order valence-electron chi connectivity index (χ4n) is 1.53. The van der Waals surface area contributed by atoms with Crippen LogP contribution in [0.3, 0.4) is 0 Å². The first-order valence-corrected chi connectivity index (χ1v) is 5.06. The molecule has 0 unspecified atom stereocenters. The van der Waals surface area contributed by atoms with Crippen LogP contribution in [0.15, 0.2) is 42.5 Å². The molecule has 1 atom stereocenters. The third-order valence-corrected chi connectivity index (χ3v) is 2.23. The lowest BCUT2D eigenvalue weighted by Gasteiger charge is -2.10. The van der Waals surface area contributed by atoms with Crippen LogP contribution >= 0.6 is 0 Å². The Hall–Kier alpha value is -1.54. The first-order chi connectivity index (χ1) is 7.27. The van der Waals surface area contributed by atoms with Gasteiger partial charge in [-0.2, -0.15) is 0 Å². The van der Waals surface area contributed by atoms with Crippen molar-refractivity contribution in [2.24, 2.45) is 0 Å². The third kappa shape index (κ3) is 2.28. The molecule has 0 saturated heterocycles. The van der Waals surface area contributed by atoms with Crippen molar-refractivity contribution in [3.8, 4) is 5.75 Å². The molecule has 78 valence electrons. The van der Waals surface area contributed by atoms with Gasteiger partial charge in [-0.15, -0.1) is 0 Å². The lowest BCUT2D eigenvalue weighted by atomic mass is 10.1. The molecule has 1 N–H and O–H groups in total. The highest BCUT2D eigenvalue weighted by molar-refractivity contribution is 5.88. The SMILES string of the molecule is C[C@H](O)COc1cccc2ccccc12. The molecule has 2 nitrogen and oxygen atoms in total. The maximum atomic E-state index is 9.16. The minimum Gasteiger partial charge on any atom is -0.490 e. The predicted molar refractivity (Wildman–Crippen MR) is 61.1 cm³/mol. The van der Waals surface area contributed by atoms with Gasteiger partial charge in [0.05, 0.1) is 6.10 Å². The van der Waals surface area contributed by atoms with Gasteiger partial charge in [-0.25, -0.2) is 0 Å². The second-order valence-corrected chi connectivity index (χ2v) is 3.64. The van der Waals surface area contributed by atoms with E-state index in [1.54, 1.807) is 6.92 Å². The van der Waals surface area contributed by atoms with E-state index in [4.69, 9.17) is 9.84 Å². The second kappa shape index (κ2) is 4.32. The Kier molecular flexibility index (Phi) is 2.88. The van der Waals surface area contributed by atoms with E-state index in [1.165, 1.54) is 0 Å². The quantitative estimate of drug-likeness (QED) is 0.829. The van der Waals surface area contributed by atoms with E-state index < -0.39 is 6.10 Å². The fraction of sp³-hybridized carbons (Fsp3) is 0.231. The minimum atomic E-state index is -0.441. The summed E-state index contributed by atoms with van der Waals surface area (Å²) in [5, 5.41) is 11.4. The first-order valence-electron chi connectivity index (χ1n) is 5.06. The van der Waals surface area contributed by atoms with Gasteiger partial charge >= 0.3 is 0 Å². The molecule has 0 bridgehead atoms. The number of hydrogen-bond donors (Lipinski definition) is 1. The summed E-state index contributed by atoms with van der Waals surface area (Å²) in [6.07, 6.45) is -0.441. The summed E-state index contributed by atoms with van der Waals surface area (Å²) < 4.78 is 5.53. The number of fused-ring (bicyclic) bond motifs is 1. The van der Waals surface area contributed by atoms with E-state index in [0.29, 0.717) is 6.61 Å². The maximum Gasteiger partial charge on any atom is 0.127 e. The van der Waals surface area contributed by atoms with Crippen molar-refractivity contribution in [1.29, 1.82) is 0 Å². The van der Waals surface area contributed by atoms with E-state index in [-0.39, 0.29) is 0 Å². The second-order valence-electron chi connectivity index (χ2n) is 3.64. The lowest BCUT2D eigenvalue weighted by molar-refractivity contribution is 0.123. The molecular weight excluding hydrogens is 188 g/mol. The first kappa shape index (κ1) is 9.99. The van der Waals surface area contributed by atoms with E-state index in [2.05, 4.69) is 0 Å². The molecule has 0 radical (unpaired) electrons. The minimum absolute atomic E-state index is 0.327. The number of aliphatic hydroxyl groups excluding tert-OH is 1. The zero-order chi connectivity index (χ0) is 10.7. The van der Waals surface area contributed by atoms with Gasteiger partial charge in [-0.1, -0.05) is 36.4 Å². The molecule has 0 aliphatic rings. The smallest absolute Gasteiger partial charge is 0.127 e. The van der Waals surface area contributed by atoms with E-state index >= 15 is 0 Å². The normalized spacial score (nSPS) is 12.7. The Morgan fingerprint density at radius 2 is 1.87 bits per heavy atom. The Labute approximate surface area is 89.1 Å². The molecule has 0 amide bonds. The third-order valence-electron chi connectivity index (χ3n) is 2.23. The Morgan fingerprint density at radius 1 is 1.13 bits per heavy atom. The van der Waals surface area contributed by atoms with Crippen LogP contribution in [0.2, 0.25) is 0 Å². The van der Waals surface area contributed by atoms with Crippen LogP contribution in [-0.2, 0) is 0 Å². The standard InChI is InChI=1S/C13H14O2/c1-10(14)9-15-13-8-4-6-11-5-2-3-7-12(11)13/h2-8,10,14H,9H2,1H3/t10-/m0/s1. The van der Waals surface area contributed by atoms with Crippen molar-refractivity contribution >= 4 is 10.8 Å². The highest BCUT2D eigenvalue weighted by atomic mass is 16.5. The van der Waals surface area contributed by atoms with Crippen LogP contribution in [0, 0.1) is 0 Å². The van der Waals surface area contributed by atoms with E-state index in [9.17, 15) is 0 Å². The lowest BCUT2D eigenvalue weighted by Crippen LogP contribution is -2.12. The van der Waals surface area contributed by atoms with Crippen molar-refractivity contribution in [2.75, 3.05) is 6.61 Å². The van der Waals surface area contributed by atoms with E-state index in [0.717, 1.165) is 16.5 Å². The van der Waals surface area contributed by atoms with Gasteiger partial charge in [0.25, 0.3) is 0 Å². The molecule has 2 heteroatoms. The number of ether oxygens (including phenoxy) is 1. The summed E-state index contributed by atoms with van der Waals surface area (Å²) in [4.78, 5) is 0. The van der Waals surface area contributed by atoms with Crippen molar-refractivity contribution in [2.45, 2.75) is 13.0 Å². The van der Waals surface area contributed by atoms with Crippen LogP contribution in [0.1, 0.15) is 6.92 Å². The van der Waals surface area contributed by atoms with Crippen molar-refractivity contribution in [3.63, 3.8) is 0 Å². The number of aliphatic hydroxyl groups is 1. The van der Waals surface area contributed by atoms with Crippen LogP contribution in [-0.4, -0.2) is 17.8 Å². The monoisotopic (exact) mass is 202 g/mol. The molecule has 0 aliphatic carbocycles. The van der Waals surface area contributed by atoms with Gasteiger partial charge in [0.15, 0.2) is 0 Å². The maximum absolute atomic E-state index is 9.16. The summed E-state index contributed by atoms with van der Waals surface area (Å²) in [7, 11) is 0. The largest absolute Gasteiger partial charge is 0.490 e. The van der Waals surface area contributed by atoms with Crippen molar-refractivity contribution < 1.29 is 9.84 Å². The van der Waals surface area contributed by atoms with Crippen LogP contribution in [0.5, 0.6) is 5.75 Å². The molecule has 15 heavy (non-hydrogen) atoms. The topological polar surface area (TPSA) is 29.5 Å². The summed E-state index contributed by atoms with van der Waals surface area (Å²) in [6, 6.07) is 14.0. The summed E-state index contributed by atoms with van der Waals surface area (Å²) in [5.41, 5.74) is 0. The van der Waals surface area contributed by atoms with Gasteiger partial charge in [0.1, 0.15) is 12.4 Å². The molecule has 2 rings (SSSR count). The Morgan fingerprint density at radius 3 is 2.67 bits per heavy atom. The zero-order valence-corrected chi connectivity index (χ0v) is 8.68. The van der Waals surface area contributed by atoms with Crippen LogP contribution in [0.25, 0.3) is 10.8 Å². The highest BCUT2D eigenvalue weighted by Crippen LogP contribution is 2.25. The Bertz CT molecular complexity index is 444. The summed E-state index contributed by atoms with van der Waals surface area (Å²) in [5.74, 6) is 0.828. The molecule has 0 spiro atoms. The van der Waals surface area contributed by atoms with Gasteiger partial charge in [0.2, 0.25) is 0 Å². The molecular formula is C13H14O2. The average Bonchev–Trinajstić information content (AvgIpc) is 2.26. The van der Waals surface area contributed by atoms with Crippen LogP contribution in [0.4, 0.5) is 0 Å². The van der Waals surface area contributed by atoms with Crippen LogP contribution < -0.4 is 4.74 Å². The molecule has 0 saturated carbocycles. The summed E-state index contributed by atoms with van der Waals surface area (Å²) >= 11 is 0. The van der Waals surface area contributed by atoms with Gasteiger partial charge < -0.3 is 9.84 Å². The molecule has 0 fully saturated rings. The number of rotatable bonds is 3. The van der Waals surface area contributed by atoms with Gasteiger partial charge in [-0.05, 0) is 18.4 Å². The van der Waals surface area contributed by atoms with Gasteiger partial charge in [-0.3, -0.25) is 0 Å². The molecule has 2 aromatic carbocycles. The number of hydrogen-bond acceptors (Lipinski definition) is 2. The molecule has 0 heterocycles. The van der Waals surface area contributed by atoms with Crippen molar-refractivity contribution in [3.05, 3.63) is 42.5 Å². The molecule has 0 aliphatic heterocycles. The zero-order valence-electron chi connectivity index (χ0n) is 8.68. The highest BCUT2D eigenvalue weighted by Gasteiger charge is 2.02. The fourth-order valence-corrected chi connectivity index (χ4v) is 1.53. The molecule has 0 aromatic heterocycles.